The minimum atomic E-state index is -0.497. The third-order valence-electron chi connectivity index (χ3n) is 6.14. The number of hydrogen-bond acceptors (Lipinski definition) is 6. The predicted octanol–water partition coefficient (Wildman–Crippen LogP) is 3.33. The second kappa shape index (κ2) is 6.62. The molecular formula is C22H22N6O. The van der Waals surface area contributed by atoms with E-state index in [0.29, 0.717) is 5.82 Å². The molecule has 0 bridgehead atoms. The molecule has 7 nitrogen and oxygen atoms in total. The van der Waals surface area contributed by atoms with Gasteiger partial charge in [0.15, 0.2) is 11.6 Å². The molecule has 0 saturated carbocycles. The first-order chi connectivity index (χ1) is 14.2. The van der Waals surface area contributed by atoms with Gasteiger partial charge >= 0.3 is 0 Å². The van der Waals surface area contributed by atoms with Crippen LogP contribution in [-0.4, -0.2) is 45.0 Å². The molecule has 1 amide bonds. The van der Waals surface area contributed by atoms with E-state index in [-0.39, 0.29) is 5.91 Å². The van der Waals surface area contributed by atoms with Gasteiger partial charge in [-0.05, 0) is 19.3 Å². The number of amides is 1. The standard InChI is InChI=1S/C22H22N6O/c1-3-22-10-7-11-28(22)20-17(27(2)21(22)29)13-24-19(26-20)16-12-23-14-25-18(16)15-8-5-4-6-9-15/h4-6,8-9,12-14H,3,7,10-11H2,1-2H3. The zero-order chi connectivity index (χ0) is 20.0. The molecule has 1 atom stereocenters. The number of rotatable bonds is 3. The Kier molecular flexibility index (Phi) is 4.04. The second-order valence-corrected chi connectivity index (χ2v) is 7.56. The average molecular weight is 386 g/mol. The first-order valence-electron chi connectivity index (χ1n) is 9.94. The first kappa shape index (κ1) is 17.7. The van der Waals surface area contributed by atoms with Crippen LogP contribution in [0.15, 0.2) is 49.1 Å². The Balaban J connectivity index is 1.67. The third kappa shape index (κ3) is 2.53. The van der Waals surface area contributed by atoms with Crippen LogP contribution in [0, 0.1) is 0 Å². The van der Waals surface area contributed by atoms with Gasteiger partial charge in [-0.2, -0.15) is 0 Å². The van der Waals surface area contributed by atoms with Gasteiger partial charge in [-0.25, -0.2) is 19.9 Å². The molecule has 5 rings (SSSR count). The summed E-state index contributed by atoms with van der Waals surface area (Å²) in [6.45, 7) is 2.91. The van der Waals surface area contributed by atoms with E-state index >= 15 is 0 Å². The van der Waals surface area contributed by atoms with Crippen molar-refractivity contribution in [2.24, 2.45) is 0 Å². The Labute approximate surface area is 169 Å². The quantitative estimate of drug-likeness (QED) is 0.687. The molecule has 29 heavy (non-hydrogen) atoms. The van der Waals surface area contributed by atoms with Crippen molar-refractivity contribution >= 4 is 17.4 Å². The van der Waals surface area contributed by atoms with Gasteiger partial charge in [0.05, 0.1) is 17.5 Å². The van der Waals surface area contributed by atoms with E-state index in [1.807, 2.05) is 37.4 Å². The molecule has 2 aliphatic rings. The fourth-order valence-electron chi connectivity index (χ4n) is 4.60. The van der Waals surface area contributed by atoms with Gasteiger partial charge in [-0.3, -0.25) is 4.79 Å². The summed E-state index contributed by atoms with van der Waals surface area (Å²) in [5.41, 5.74) is 2.82. The minimum Gasteiger partial charge on any atom is -0.340 e. The second-order valence-electron chi connectivity index (χ2n) is 7.56. The molecule has 1 fully saturated rings. The van der Waals surface area contributed by atoms with Crippen LogP contribution in [0.4, 0.5) is 11.5 Å². The minimum absolute atomic E-state index is 0.134. The molecule has 3 aromatic rings. The zero-order valence-electron chi connectivity index (χ0n) is 16.5. The highest BCUT2D eigenvalue weighted by Gasteiger charge is 2.52. The van der Waals surface area contributed by atoms with Gasteiger partial charge in [-0.15, -0.1) is 0 Å². The summed E-state index contributed by atoms with van der Waals surface area (Å²) in [5, 5.41) is 0. The van der Waals surface area contributed by atoms with Gasteiger partial charge in [0.25, 0.3) is 5.91 Å². The van der Waals surface area contributed by atoms with Crippen LogP contribution >= 0.6 is 0 Å². The summed E-state index contributed by atoms with van der Waals surface area (Å²) in [6.07, 6.45) is 7.64. The van der Waals surface area contributed by atoms with Crippen LogP contribution in [-0.2, 0) is 4.79 Å². The molecule has 4 heterocycles. The van der Waals surface area contributed by atoms with Gasteiger partial charge in [0.2, 0.25) is 0 Å². The van der Waals surface area contributed by atoms with E-state index in [9.17, 15) is 4.79 Å². The summed E-state index contributed by atoms with van der Waals surface area (Å²) in [7, 11) is 1.82. The topological polar surface area (TPSA) is 75.1 Å². The maximum Gasteiger partial charge on any atom is 0.252 e. The number of nitrogens with zero attached hydrogens (tertiary/aromatic N) is 6. The smallest absolute Gasteiger partial charge is 0.252 e. The molecule has 2 aliphatic heterocycles. The molecule has 1 saturated heterocycles. The van der Waals surface area contributed by atoms with E-state index < -0.39 is 5.54 Å². The SMILES string of the molecule is CCC12CCCN1c1nc(-c3cncnc3-c3ccccc3)ncc1N(C)C2=O. The highest BCUT2D eigenvalue weighted by atomic mass is 16.2. The van der Waals surface area contributed by atoms with Crippen molar-refractivity contribution in [2.75, 3.05) is 23.4 Å². The van der Waals surface area contributed by atoms with Crippen molar-refractivity contribution in [3.05, 3.63) is 49.1 Å². The van der Waals surface area contributed by atoms with E-state index in [0.717, 1.165) is 54.1 Å². The fourth-order valence-corrected chi connectivity index (χ4v) is 4.60. The number of aromatic nitrogens is 4. The van der Waals surface area contributed by atoms with Crippen molar-refractivity contribution in [2.45, 2.75) is 31.7 Å². The van der Waals surface area contributed by atoms with Gasteiger partial charge in [-0.1, -0.05) is 37.3 Å². The summed E-state index contributed by atoms with van der Waals surface area (Å²) < 4.78 is 0. The molecule has 0 spiro atoms. The Hall–Kier alpha value is -3.35. The maximum absolute atomic E-state index is 13.1. The number of fused-ring (bicyclic) bond motifs is 3. The molecule has 0 aliphatic carbocycles. The molecular weight excluding hydrogens is 364 g/mol. The fraction of sp³-hybridized carbons (Fsp3) is 0.318. The maximum atomic E-state index is 13.1. The number of hydrogen-bond donors (Lipinski definition) is 0. The first-order valence-corrected chi connectivity index (χ1v) is 9.94. The number of benzene rings is 1. The van der Waals surface area contributed by atoms with Crippen molar-refractivity contribution in [1.82, 2.24) is 19.9 Å². The lowest BCUT2D eigenvalue weighted by molar-refractivity contribution is -0.123. The number of carbonyl (C=O) groups excluding carboxylic acids is 1. The summed E-state index contributed by atoms with van der Waals surface area (Å²) in [4.78, 5) is 35.2. The zero-order valence-corrected chi connectivity index (χ0v) is 16.5. The van der Waals surface area contributed by atoms with E-state index in [2.05, 4.69) is 26.8 Å². The molecule has 146 valence electrons. The summed E-state index contributed by atoms with van der Waals surface area (Å²) >= 11 is 0. The van der Waals surface area contributed by atoms with Gasteiger partial charge in [0.1, 0.15) is 17.6 Å². The summed E-state index contributed by atoms with van der Waals surface area (Å²) in [6, 6.07) is 9.97. The Bertz CT molecular complexity index is 1090. The predicted molar refractivity (Wildman–Crippen MR) is 112 cm³/mol. The van der Waals surface area contributed by atoms with Crippen molar-refractivity contribution in [1.29, 1.82) is 0 Å². The third-order valence-corrected chi connectivity index (χ3v) is 6.14. The number of carbonyl (C=O) groups is 1. The highest BCUT2D eigenvalue weighted by molar-refractivity contribution is 6.07. The number of likely N-dealkylation sites (N-methyl/N-ethyl adjacent to an activating group) is 1. The molecule has 0 radical (unpaired) electrons. The van der Waals surface area contributed by atoms with Gasteiger partial charge in [0, 0.05) is 25.4 Å². The number of anilines is 2. The van der Waals surface area contributed by atoms with Crippen molar-refractivity contribution in [3.8, 4) is 22.6 Å². The highest BCUT2D eigenvalue weighted by Crippen LogP contribution is 2.46. The van der Waals surface area contributed by atoms with E-state index in [1.165, 1.54) is 0 Å². The molecule has 7 heteroatoms. The average Bonchev–Trinajstić information content (AvgIpc) is 3.23. The van der Waals surface area contributed by atoms with Crippen LogP contribution in [0.5, 0.6) is 0 Å². The van der Waals surface area contributed by atoms with Crippen LogP contribution in [0.2, 0.25) is 0 Å². The Morgan fingerprint density at radius 3 is 2.76 bits per heavy atom. The summed E-state index contributed by atoms with van der Waals surface area (Å²) in [5.74, 6) is 1.52. The lowest BCUT2D eigenvalue weighted by Gasteiger charge is -2.45. The van der Waals surface area contributed by atoms with Crippen molar-refractivity contribution in [3.63, 3.8) is 0 Å². The molecule has 0 N–H and O–H groups in total. The van der Waals surface area contributed by atoms with E-state index in [4.69, 9.17) is 4.98 Å². The molecule has 1 unspecified atom stereocenters. The molecule has 2 aromatic heterocycles. The largest absolute Gasteiger partial charge is 0.340 e. The monoisotopic (exact) mass is 386 g/mol. The normalized spacial score (nSPS) is 20.6. The van der Waals surface area contributed by atoms with Crippen LogP contribution in [0.25, 0.3) is 22.6 Å². The van der Waals surface area contributed by atoms with Crippen LogP contribution in [0.1, 0.15) is 26.2 Å². The van der Waals surface area contributed by atoms with Gasteiger partial charge < -0.3 is 9.80 Å². The van der Waals surface area contributed by atoms with Crippen LogP contribution in [0.3, 0.4) is 0 Å². The lowest BCUT2D eigenvalue weighted by Crippen LogP contribution is -2.59. The van der Waals surface area contributed by atoms with E-state index in [1.54, 1.807) is 23.6 Å². The van der Waals surface area contributed by atoms with Crippen molar-refractivity contribution < 1.29 is 4.79 Å². The Morgan fingerprint density at radius 2 is 1.97 bits per heavy atom. The van der Waals surface area contributed by atoms with Crippen LogP contribution < -0.4 is 9.80 Å². The Morgan fingerprint density at radius 1 is 1.14 bits per heavy atom. The lowest BCUT2D eigenvalue weighted by atomic mass is 9.89. The molecule has 1 aromatic carbocycles.